The molecular weight excluding hydrogens is 611 g/mol. The fourth-order valence-electron chi connectivity index (χ4n) is 7.19. The van der Waals surface area contributed by atoms with Crippen LogP contribution in [0.4, 0.5) is 5.69 Å². The first-order valence-corrected chi connectivity index (χ1v) is 19.1. The van der Waals surface area contributed by atoms with Crippen molar-refractivity contribution in [3.8, 4) is 0 Å². The maximum atomic E-state index is 11.8. The Morgan fingerprint density at radius 2 is 1.50 bits per heavy atom. The smallest absolute Gasteiger partial charge is 0.261 e. The van der Waals surface area contributed by atoms with Crippen LogP contribution < -0.4 is 15.3 Å². The Balaban J connectivity index is 1.44. The van der Waals surface area contributed by atoms with Gasteiger partial charge in [-0.25, -0.2) is 0 Å². The van der Waals surface area contributed by atoms with Crippen molar-refractivity contribution >= 4 is 47.7 Å². The summed E-state index contributed by atoms with van der Waals surface area (Å²) < 4.78 is 20.0. The van der Waals surface area contributed by atoms with E-state index in [-0.39, 0.29) is 10.5 Å². The molecule has 252 valence electrons. The lowest BCUT2D eigenvalue weighted by Gasteiger charge is -2.43. The highest BCUT2D eigenvalue weighted by Crippen LogP contribution is 2.43. The van der Waals surface area contributed by atoms with Gasteiger partial charge in [0.25, 0.3) is 8.32 Å². The number of furan rings is 1. The maximum absolute atomic E-state index is 11.8. The molecule has 5 nitrogen and oxygen atoms in total. The second-order valence-corrected chi connectivity index (χ2v) is 18.7. The highest BCUT2D eigenvalue weighted by Gasteiger charge is 2.50. The highest BCUT2D eigenvalue weighted by atomic mass is 28.4. The van der Waals surface area contributed by atoms with Crippen LogP contribution in [0.3, 0.4) is 0 Å². The van der Waals surface area contributed by atoms with E-state index < -0.39 is 8.32 Å². The maximum Gasteiger partial charge on any atom is 0.261 e. The summed E-state index contributed by atoms with van der Waals surface area (Å²) >= 11 is 0. The van der Waals surface area contributed by atoms with E-state index in [0.717, 1.165) is 71.5 Å². The van der Waals surface area contributed by atoms with Crippen LogP contribution in [0.1, 0.15) is 67.1 Å². The van der Waals surface area contributed by atoms with Gasteiger partial charge in [0, 0.05) is 30.2 Å². The number of fused-ring (bicyclic) bond motifs is 1. The summed E-state index contributed by atoms with van der Waals surface area (Å²) in [6.07, 6.45) is 8.22. The number of rotatable bonds is 13. The van der Waals surface area contributed by atoms with Gasteiger partial charge in [-0.1, -0.05) is 101 Å². The zero-order chi connectivity index (χ0) is 34.4. The Bertz CT molecular complexity index is 1730. The summed E-state index contributed by atoms with van der Waals surface area (Å²) in [7, 11) is -2.70. The molecule has 1 aliphatic carbocycles. The number of carbonyl (C=O) groups excluding carboxylic acids is 1. The number of ether oxygens (including phenoxy) is 1. The molecule has 0 saturated heterocycles. The van der Waals surface area contributed by atoms with Gasteiger partial charge < -0.3 is 18.5 Å². The second kappa shape index (κ2) is 15.0. The molecule has 0 unspecified atom stereocenters. The summed E-state index contributed by atoms with van der Waals surface area (Å²) in [5, 5.41) is 3.42. The quantitative estimate of drug-likeness (QED) is 0.0619. The van der Waals surface area contributed by atoms with Gasteiger partial charge in [-0.3, -0.25) is 4.79 Å². The number of aldehydes is 1. The first-order valence-electron chi connectivity index (χ1n) is 17.2. The topological polar surface area (TPSA) is 51.9 Å². The average Bonchev–Trinajstić information content (AvgIpc) is 3.48. The van der Waals surface area contributed by atoms with Crippen LogP contribution in [0, 0.1) is 5.41 Å². The number of hydrogen-bond donors (Lipinski definition) is 0. The molecule has 4 aromatic rings. The Kier molecular flexibility index (Phi) is 11.0. The number of allylic oxidation sites excluding steroid dienone is 4. The van der Waals surface area contributed by atoms with Crippen molar-refractivity contribution in [3.63, 3.8) is 0 Å². The molecule has 5 rings (SSSR count). The van der Waals surface area contributed by atoms with Gasteiger partial charge in [0.1, 0.15) is 30.0 Å². The molecule has 0 aliphatic heterocycles. The van der Waals surface area contributed by atoms with Crippen LogP contribution in [0.15, 0.2) is 118 Å². The van der Waals surface area contributed by atoms with E-state index in [1.165, 1.54) is 10.4 Å². The van der Waals surface area contributed by atoms with E-state index in [2.05, 4.69) is 144 Å². The summed E-state index contributed by atoms with van der Waals surface area (Å²) in [6, 6.07) is 29.8. The number of nitrogens with zero attached hydrogens (tertiary/aromatic N) is 1. The molecule has 3 aromatic carbocycles. The first kappa shape index (κ1) is 35.2. The van der Waals surface area contributed by atoms with Gasteiger partial charge in [0.05, 0.1) is 6.61 Å². The van der Waals surface area contributed by atoms with E-state index >= 15 is 0 Å². The molecule has 6 heteroatoms. The van der Waals surface area contributed by atoms with Gasteiger partial charge in [0.2, 0.25) is 0 Å². The minimum absolute atomic E-state index is 0.0284. The Morgan fingerprint density at radius 3 is 2.08 bits per heavy atom. The SMILES string of the molecule is CCN(CC)c1ccc2cc(/C=C/C3=C(OCCO[Si](c4ccccc4)(c4ccccc4)C(C)(C)C)C(=C/C=O)/CC(C)(C)C3)oc2c1. The molecule has 0 spiro atoms. The lowest BCUT2D eigenvalue weighted by molar-refractivity contribution is -0.104. The predicted octanol–water partition coefficient (Wildman–Crippen LogP) is 9.08. The molecule has 0 bridgehead atoms. The largest absolute Gasteiger partial charge is 0.491 e. The van der Waals surface area contributed by atoms with Crippen LogP contribution in [0.5, 0.6) is 0 Å². The first-order chi connectivity index (χ1) is 23.0. The van der Waals surface area contributed by atoms with Crippen LogP contribution in [0.25, 0.3) is 17.0 Å². The Hall–Kier alpha value is -4.13. The van der Waals surface area contributed by atoms with Crippen LogP contribution in [0.2, 0.25) is 5.04 Å². The van der Waals surface area contributed by atoms with E-state index in [4.69, 9.17) is 13.6 Å². The minimum Gasteiger partial charge on any atom is -0.491 e. The summed E-state index contributed by atoms with van der Waals surface area (Å²) in [4.78, 5) is 14.1. The van der Waals surface area contributed by atoms with Crippen LogP contribution in [-0.2, 0) is 14.0 Å². The molecule has 0 N–H and O–H groups in total. The third kappa shape index (κ3) is 7.61. The highest BCUT2D eigenvalue weighted by molar-refractivity contribution is 6.99. The molecule has 0 radical (unpaired) electrons. The number of anilines is 1. The fraction of sp³-hybridized carbons (Fsp3) is 0.357. The van der Waals surface area contributed by atoms with Crippen LogP contribution >= 0.6 is 0 Å². The van der Waals surface area contributed by atoms with Crippen molar-refractivity contribution in [1.82, 2.24) is 0 Å². The summed E-state index contributed by atoms with van der Waals surface area (Å²) in [6.45, 7) is 18.3. The van der Waals surface area contributed by atoms with Crippen molar-refractivity contribution in [3.05, 3.63) is 120 Å². The number of hydrogen-bond acceptors (Lipinski definition) is 5. The van der Waals surface area contributed by atoms with Crippen molar-refractivity contribution in [2.75, 3.05) is 31.2 Å². The van der Waals surface area contributed by atoms with Crippen molar-refractivity contribution in [2.24, 2.45) is 5.41 Å². The predicted molar refractivity (Wildman–Crippen MR) is 203 cm³/mol. The van der Waals surface area contributed by atoms with E-state index in [1.807, 2.05) is 6.08 Å². The normalized spacial score (nSPS) is 16.2. The van der Waals surface area contributed by atoms with Gasteiger partial charge in [-0.2, -0.15) is 0 Å². The third-order valence-corrected chi connectivity index (χ3v) is 14.4. The number of carbonyl (C=O) groups is 1. The Labute approximate surface area is 288 Å². The summed E-state index contributed by atoms with van der Waals surface area (Å²) in [5.41, 5.74) is 3.97. The van der Waals surface area contributed by atoms with Crippen molar-refractivity contribution < 1.29 is 18.4 Å². The fourth-order valence-corrected chi connectivity index (χ4v) is 11.7. The third-order valence-electron chi connectivity index (χ3n) is 9.36. The van der Waals surface area contributed by atoms with Gasteiger partial charge in [-0.15, -0.1) is 0 Å². The Morgan fingerprint density at radius 1 is 0.854 bits per heavy atom. The molecule has 1 heterocycles. The van der Waals surface area contributed by atoms with E-state index in [1.54, 1.807) is 6.08 Å². The lowest BCUT2D eigenvalue weighted by atomic mass is 9.74. The zero-order valence-corrected chi connectivity index (χ0v) is 30.7. The van der Waals surface area contributed by atoms with E-state index in [0.29, 0.717) is 13.2 Å². The monoisotopic (exact) mass is 661 g/mol. The zero-order valence-electron chi connectivity index (χ0n) is 29.7. The number of benzene rings is 3. The van der Waals surface area contributed by atoms with Gasteiger partial charge >= 0.3 is 0 Å². The van der Waals surface area contributed by atoms with Crippen molar-refractivity contribution in [2.45, 2.75) is 66.3 Å². The second-order valence-electron chi connectivity index (χ2n) is 14.4. The molecule has 0 atom stereocenters. The standard InChI is InChI=1S/C42H51NO4Si/c1-8-43(9-2)35-22-20-32-28-36(47-39(32)29-35)23-21-33-30-42(6,7)31-34(24-25-44)40(33)45-26-27-46-48(41(3,4)5,37-16-12-10-13-17-37)38-18-14-11-15-19-38/h10-25,28-29H,8-9,26-27,30-31H2,1-7H3/b23-21+,34-24+. The van der Waals surface area contributed by atoms with Crippen LogP contribution in [-0.4, -0.2) is 40.9 Å². The molecule has 0 saturated carbocycles. The molecule has 1 aromatic heterocycles. The summed E-state index contributed by atoms with van der Waals surface area (Å²) in [5.74, 6) is 1.55. The molecule has 48 heavy (non-hydrogen) atoms. The minimum atomic E-state index is -2.70. The molecule has 1 aliphatic rings. The van der Waals surface area contributed by atoms with Crippen molar-refractivity contribution in [1.29, 1.82) is 0 Å². The molecule has 0 amide bonds. The van der Waals surface area contributed by atoms with Gasteiger partial charge in [-0.05, 0) is 89.0 Å². The lowest BCUT2D eigenvalue weighted by Crippen LogP contribution is -2.66. The molecular formula is C42H51NO4Si. The van der Waals surface area contributed by atoms with E-state index in [9.17, 15) is 4.79 Å². The average molecular weight is 662 g/mol. The van der Waals surface area contributed by atoms with Gasteiger partial charge in [0.15, 0.2) is 0 Å². The molecule has 0 fully saturated rings.